The van der Waals surface area contributed by atoms with Crippen molar-refractivity contribution >= 4 is 18.2 Å². The minimum atomic E-state index is 0.739. The predicted molar refractivity (Wildman–Crippen MR) is 152 cm³/mol. The predicted octanol–water partition coefficient (Wildman–Crippen LogP) is 7.23. The van der Waals surface area contributed by atoms with Crippen molar-refractivity contribution in [2.45, 2.75) is 54.4 Å². The Morgan fingerprint density at radius 1 is 0.588 bits per heavy atom. The lowest BCUT2D eigenvalue weighted by molar-refractivity contribution is 0.560. The Bertz CT molecular complexity index is 1220. The zero-order valence-electron chi connectivity index (χ0n) is 21.7. The summed E-state index contributed by atoms with van der Waals surface area (Å²) in [6.45, 7) is 13.7. The fraction of sp³-hybridized carbons (Fsp3) is 0.273. The molecule has 0 bridgehead atoms. The van der Waals surface area contributed by atoms with Crippen LogP contribution < -0.4 is 10.9 Å². The van der Waals surface area contributed by atoms with E-state index in [0.29, 0.717) is 0 Å². The van der Waals surface area contributed by atoms with Crippen LogP contribution in [-0.2, 0) is 6.42 Å². The third-order valence-corrected chi connectivity index (χ3v) is 7.41. The molecule has 0 aliphatic carbocycles. The van der Waals surface area contributed by atoms with Crippen LogP contribution in [0, 0.1) is 33.6 Å². The molecule has 0 spiro atoms. The number of benzene rings is 4. The smallest absolute Gasteiger partial charge is 0.0728 e. The third-order valence-electron chi connectivity index (χ3n) is 7.41. The van der Waals surface area contributed by atoms with Gasteiger partial charge in [-0.2, -0.15) is 0 Å². The van der Waals surface area contributed by atoms with E-state index < -0.39 is 0 Å². The molecule has 4 rings (SSSR count). The molecule has 4 aromatic carbocycles. The standard InChI is InChI=1S/C33H37B/c1-7-22(2)17-27-18-23(3)32(24(4)19-27)34-33-25(5)20-31(21-26(33)6)30-15-13-29(14-16-30)28-11-9-8-10-12-28/h8-16,18-22,34H,7,17H2,1-6H3. The first kappa shape index (κ1) is 24.1. The molecule has 0 radical (unpaired) electrons. The highest BCUT2D eigenvalue weighted by Crippen LogP contribution is 2.26. The average Bonchev–Trinajstić information content (AvgIpc) is 2.83. The van der Waals surface area contributed by atoms with Crippen LogP contribution in [0.1, 0.15) is 48.1 Å². The molecule has 0 aliphatic heterocycles. The van der Waals surface area contributed by atoms with Gasteiger partial charge in [-0.3, -0.25) is 0 Å². The molecule has 0 aromatic heterocycles. The number of aryl methyl sites for hydroxylation is 4. The molecule has 0 saturated heterocycles. The molecule has 0 amide bonds. The van der Waals surface area contributed by atoms with E-state index in [4.69, 9.17) is 0 Å². The van der Waals surface area contributed by atoms with Crippen LogP contribution in [0.3, 0.4) is 0 Å². The maximum absolute atomic E-state index is 2.42. The van der Waals surface area contributed by atoms with Gasteiger partial charge in [-0.25, -0.2) is 0 Å². The molecule has 4 aromatic rings. The van der Waals surface area contributed by atoms with Crippen LogP contribution in [-0.4, -0.2) is 7.28 Å². The summed E-state index contributed by atoms with van der Waals surface area (Å²) in [4.78, 5) is 0. The van der Waals surface area contributed by atoms with Crippen LogP contribution in [0.15, 0.2) is 78.9 Å². The topological polar surface area (TPSA) is 0 Å². The molecule has 1 heteroatoms. The second-order valence-electron chi connectivity index (χ2n) is 10.1. The normalized spacial score (nSPS) is 11.9. The van der Waals surface area contributed by atoms with Crippen molar-refractivity contribution in [3.05, 3.63) is 107 Å². The maximum atomic E-state index is 2.42. The highest BCUT2D eigenvalue weighted by molar-refractivity contribution is 6.69. The van der Waals surface area contributed by atoms with E-state index in [-0.39, 0.29) is 0 Å². The van der Waals surface area contributed by atoms with Gasteiger partial charge in [0, 0.05) is 0 Å². The first-order valence-electron chi connectivity index (χ1n) is 12.7. The van der Waals surface area contributed by atoms with Gasteiger partial charge in [0.05, 0.1) is 0 Å². The minimum absolute atomic E-state index is 0.739. The summed E-state index contributed by atoms with van der Waals surface area (Å²) in [6, 6.07) is 29.1. The number of hydrogen-bond donors (Lipinski definition) is 0. The lowest BCUT2D eigenvalue weighted by Gasteiger charge is -2.17. The van der Waals surface area contributed by atoms with Crippen molar-refractivity contribution in [2.24, 2.45) is 5.92 Å². The molecule has 34 heavy (non-hydrogen) atoms. The Labute approximate surface area is 207 Å². The van der Waals surface area contributed by atoms with Crippen molar-refractivity contribution in [3.8, 4) is 22.3 Å². The quantitative estimate of drug-likeness (QED) is 0.264. The van der Waals surface area contributed by atoms with Crippen molar-refractivity contribution in [3.63, 3.8) is 0 Å². The van der Waals surface area contributed by atoms with Gasteiger partial charge in [0.25, 0.3) is 0 Å². The number of rotatable bonds is 7. The van der Waals surface area contributed by atoms with E-state index in [0.717, 1.165) is 13.2 Å². The van der Waals surface area contributed by atoms with E-state index >= 15 is 0 Å². The van der Waals surface area contributed by atoms with Crippen molar-refractivity contribution in [2.75, 3.05) is 0 Å². The zero-order valence-corrected chi connectivity index (χ0v) is 21.7. The van der Waals surface area contributed by atoms with Gasteiger partial charge in [0.15, 0.2) is 7.28 Å². The monoisotopic (exact) mass is 444 g/mol. The lowest BCUT2D eigenvalue weighted by Crippen LogP contribution is -2.34. The Morgan fingerprint density at radius 3 is 1.53 bits per heavy atom. The Morgan fingerprint density at radius 2 is 1.03 bits per heavy atom. The van der Waals surface area contributed by atoms with Crippen LogP contribution in [0.4, 0.5) is 0 Å². The van der Waals surface area contributed by atoms with E-state index in [1.54, 1.807) is 0 Å². The third kappa shape index (κ3) is 5.36. The summed E-state index contributed by atoms with van der Waals surface area (Å²) in [5, 5.41) is 0. The highest BCUT2D eigenvalue weighted by atomic mass is 14.1. The van der Waals surface area contributed by atoms with Gasteiger partial charge >= 0.3 is 0 Å². The summed E-state index contributed by atoms with van der Waals surface area (Å²) in [7, 11) is 1.01. The summed E-state index contributed by atoms with van der Waals surface area (Å²) in [6.07, 6.45) is 2.41. The van der Waals surface area contributed by atoms with E-state index in [1.807, 2.05) is 0 Å². The fourth-order valence-corrected chi connectivity index (χ4v) is 5.13. The average molecular weight is 444 g/mol. The molecular weight excluding hydrogens is 407 g/mol. The Kier molecular flexibility index (Phi) is 7.42. The van der Waals surface area contributed by atoms with Crippen LogP contribution in [0.5, 0.6) is 0 Å². The summed E-state index contributed by atoms with van der Waals surface area (Å²) in [5.41, 5.74) is 15.1. The first-order valence-corrected chi connectivity index (χ1v) is 12.7. The van der Waals surface area contributed by atoms with Crippen LogP contribution in [0.2, 0.25) is 0 Å². The molecule has 0 heterocycles. The molecule has 0 fully saturated rings. The zero-order chi connectivity index (χ0) is 24.2. The Balaban J connectivity index is 1.59. The van der Waals surface area contributed by atoms with E-state index in [2.05, 4.69) is 120 Å². The highest BCUT2D eigenvalue weighted by Gasteiger charge is 2.14. The molecule has 172 valence electrons. The van der Waals surface area contributed by atoms with E-state index in [9.17, 15) is 0 Å². The van der Waals surface area contributed by atoms with Gasteiger partial charge in [-0.05, 0) is 67.9 Å². The van der Waals surface area contributed by atoms with Crippen molar-refractivity contribution < 1.29 is 0 Å². The van der Waals surface area contributed by atoms with Gasteiger partial charge in [0.2, 0.25) is 0 Å². The Hall–Kier alpha value is -3.06. The first-order chi connectivity index (χ1) is 16.4. The fourth-order valence-electron chi connectivity index (χ4n) is 5.13. The van der Waals surface area contributed by atoms with Gasteiger partial charge < -0.3 is 0 Å². The minimum Gasteiger partial charge on any atom is -0.0728 e. The molecule has 0 nitrogen and oxygen atoms in total. The largest absolute Gasteiger partial charge is 0.193 e. The molecular formula is C33H37B. The molecule has 1 unspecified atom stereocenters. The van der Waals surface area contributed by atoms with Gasteiger partial charge in [-0.1, -0.05) is 132 Å². The second-order valence-corrected chi connectivity index (χ2v) is 10.1. The maximum Gasteiger partial charge on any atom is 0.193 e. The lowest BCUT2D eigenvalue weighted by atomic mass is 9.58. The summed E-state index contributed by atoms with van der Waals surface area (Å²) >= 11 is 0. The molecule has 0 N–H and O–H groups in total. The summed E-state index contributed by atoms with van der Waals surface area (Å²) < 4.78 is 0. The molecule has 0 aliphatic rings. The SMILES string of the molecule is CCC(C)Cc1cc(C)c(Bc2c(C)cc(-c3ccc(-c4ccccc4)cc3)cc2C)c(C)c1. The second kappa shape index (κ2) is 10.5. The summed E-state index contributed by atoms with van der Waals surface area (Å²) in [5.74, 6) is 0.739. The van der Waals surface area contributed by atoms with Crippen LogP contribution in [0.25, 0.3) is 22.3 Å². The van der Waals surface area contributed by atoms with Crippen molar-refractivity contribution in [1.82, 2.24) is 0 Å². The molecule has 0 saturated carbocycles. The van der Waals surface area contributed by atoms with Crippen LogP contribution >= 0.6 is 0 Å². The van der Waals surface area contributed by atoms with E-state index in [1.165, 1.54) is 73.8 Å². The van der Waals surface area contributed by atoms with Gasteiger partial charge in [-0.15, -0.1) is 0 Å². The van der Waals surface area contributed by atoms with Gasteiger partial charge in [0.1, 0.15) is 0 Å². The molecule has 1 atom stereocenters. The number of hydrogen-bond acceptors (Lipinski definition) is 0. The van der Waals surface area contributed by atoms with Crippen molar-refractivity contribution in [1.29, 1.82) is 0 Å².